The van der Waals surface area contributed by atoms with Gasteiger partial charge >= 0.3 is 5.97 Å². The lowest BCUT2D eigenvalue weighted by Gasteiger charge is -2.15. The third-order valence-corrected chi connectivity index (χ3v) is 6.08. The minimum atomic E-state index is -0.355. The average Bonchev–Trinajstić information content (AvgIpc) is 3.33. The molecule has 0 aliphatic heterocycles. The predicted octanol–water partition coefficient (Wildman–Crippen LogP) is 7.66. The minimum Gasteiger partial charge on any atom is -0.465 e. The van der Waals surface area contributed by atoms with Gasteiger partial charge in [0.15, 0.2) is 0 Å². The molecule has 5 aromatic rings. The number of carbonyl (C=O) groups excluding carboxylic acids is 1. The third-order valence-electron chi connectivity index (χ3n) is 6.08. The molecule has 0 unspecified atom stereocenters. The Hall–Kier alpha value is -4.70. The molecule has 0 spiro atoms. The molecule has 0 aliphatic carbocycles. The van der Waals surface area contributed by atoms with Crippen molar-refractivity contribution < 1.29 is 9.53 Å². The number of carbonyl (C=O) groups is 1. The summed E-state index contributed by atoms with van der Waals surface area (Å²) in [5.41, 5.74) is 8.76. The van der Waals surface area contributed by atoms with Crippen LogP contribution in [0.4, 0.5) is 5.69 Å². The molecule has 0 N–H and O–H groups in total. The monoisotopic (exact) mass is 470 g/mol. The molecule has 0 saturated carbocycles. The molecule has 36 heavy (non-hydrogen) atoms. The summed E-state index contributed by atoms with van der Waals surface area (Å²) in [5.74, 6) is -0.355. The first-order valence-corrected chi connectivity index (χ1v) is 11.8. The van der Waals surface area contributed by atoms with Crippen LogP contribution in [0.5, 0.6) is 0 Å². The van der Waals surface area contributed by atoms with Gasteiger partial charge in [-0.05, 0) is 60.5 Å². The van der Waals surface area contributed by atoms with Gasteiger partial charge in [-0.2, -0.15) is 0 Å². The highest BCUT2D eigenvalue weighted by Crippen LogP contribution is 2.35. The Morgan fingerprint density at radius 1 is 0.778 bits per heavy atom. The number of hydrogen-bond acceptors (Lipinski definition) is 3. The highest BCUT2D eigenvalue weighted by atomic mass is 16.5. The normalized spacial score (nSPS) is 11.1. The molecule has 0 atom stereocenters. The van der Waals surface area contributed by atoms with Crippen molar-refractivity contribution in [2.75, 3.05) is 7.11 Å². The van der Waals surface area contributed by atoms with E-state index in [2.05, 4.69) is 54.0 Å². The first-order valence-electron chi connectivity index (χ1n) is 11.8. The van der Waals surface area contributed by atoms with Crippen molar-refractivity contribution in [3.05, 3.63) is 132 Å². The largest absolute Gasteiger partial charge is 0.465 e. The molecule has 1 aromatic heterocycles. The second kappa shape index (κ2) is 10.3. The minimum absolute atomic E-state index is 0.355. The van der Waals surface area contributed by atoms with Crippen molar-refractivity contribution in [1.82, 2.24) is 4.57 Å². The summed E-state index contributed by atoms with van der Waals surface area (Å²) in [7, 11) is 1.39. The summed E-state index contributed by atoms with van der Waals surface area (Å²) in [6.45, 7) is 2.07. The van der Waals surface area contributed by atoms with Crippen LogP contribution < -0.4 is 0 Å². The van der Waals surface area contributed by atoms with Gasteiger partial charge in [0.2, 0.25) is 0 Å². The molecule has 4 nitrogen and oxygen atoms in total. The topological polar surface area (TPSA) is 43.6 Å². The fourth-order valence-corrected chi connectivity index (χ4v) is 4.25. The maximum absolute atomic E-state index is 12.0. The molecule has 0 bridgehead atoms. The Bertz CT molecular complexity index is 1500. The first-order chi connectivity index (χ1) is 17.6. The van der Waals surface area contributed by atoms with E-state index in [1.165, 1.54) is 12.7 Å². The molecular weight excluding hydrogens is 444 g/mol. The lowest BCUT2D eigenvalue weighted by Crippen LogP contribution is -2.03. The van der Waals surface area contributed by atoms with E-state index in [1.807, 2.05) is 66.9 Å². The molecule has 1 heterocycles. The molecule has 0 saturated heterocycles. The highest BCUT2D eigenvalue weighted by molar-refractivity contribution is 5.95. The Labute approximate surface area is 211 Å². The smallest absolute Gasteiger partial charge is 0.337 e. The van der Waals surface area contributed by atoms with Crippen LogP contribution in [0.2, 0.25) is 0 Å². The molecular formula is C32H26N2O2. The van der Waals surface area contributed by atoms with E-state index in [4.69, 9.17) is 9.73 Å². The number of aliphatic imine (C=N–C) groups is 1. The summed E-state index contributed by atoms with van der Waals surface area (Å²) in [6.07, 6.45) is 1.93. The van der Waals surface area contributed by atoms with Crippen LogP contribution in [0, 0.1) is 6.92 Å². The third kappa shape index (κ3) is 4.75. The van der Waals surface area contributed by atoms with Crippen molar-refractivity contribution in [2.24, 2.45) is 4.99 Å². The van der Waals surface area contributed by atoms with Gasteiger partial charge in [-0.3, -0.25) is 4.99 Å². The molecule has 0 fully saturated rings. The fourth-order valence-electron chi connectivity index (χ4n) is 4.25. The van der Waals surface area contributed by atoms with Gasteiger partial charge in [-0.1, -0.05) is 78.4 Å². The second-order valence-corrected chi connectivity index (χ2v) is 8.53. The fraction of sp³-hybridized carbons (Fsp3) is 0.0625. The summed E-state index contributed by atoms with van der Waals surface area (Å²) in [4.78, 5) is 16.8. The molecule has 0 radical (unpaired) electrons. The van der Waals surface area contributed by atoms with E-state index in [0.29, 0.717) is 5.56 Å². The van der Waals surface area contributed by atoms with Crippen LogP contribution in [0.1, 0.15) is 21.5 Å². The molecule has 176 valence electrons. The Morgan fingerprint density at radius 3 is 2.00 bits per heavy atom. The summed E-state index contributed by atoms with van der Waals surface area (Å²) in [5, 5.41) is 0. The molecule has 5 rings (SSSR count). The molecule has 4 heteroatoms. The van der Waals surface area contributed by atoms with Crippen LogP contribution in [0.3, 0.4) is 0 Å². The number of hydrogen-bond donors (Lipinski definition) is 0. The van der Waals surface area contributed by atoms with E-state index in [1.54, 1.807) is 12.1 Å². The van der Waals surface area contributed by atoms with E-state index >= 15 is 0 Å². The van der Waals surface area contributed by atoms with Crippen molar-refractivity contribution in [1.29, 1.82) is 0 Å². The molecule has 0 aliphatic rings. The van der Waals surface area contributed by atoms with Crippen LogP contribution in [0.25, 0.3) is 28.2 Å². The maximum atomic E-state index is 12.0. The number of methoxy groups -OCH3 is 1. The number of aryl methyl sites for hydroxylation is 1. The van der Waals surface area contributed by atoms with Crippen molar-refractivity contribution in [2.45, 2.75) is 6.92 Å². The Kier molecular flexibility index (Phi) is 6.59. The van der Waals surface area contributed by atoms with Crippen LogP contribution >= 0.6 is 0 Å². The number of aromatic nitrogens is 1. The maximum Gasteiger partial charge on any atom is 0.337 e. The van der Waals surface area contributed by atoms with Gasteiger partial charge in [0, 0.05) is 17.5 Å². The summed E-state index contributed by atoms with van der Waals surface area (Å²) < 4.78 is 7.11. The van der Waals surface area contributed by atoms with Crippen molar-refractivity contribution in [3.63, 3.8) is 0 Å². The van der Waals surface area contributed by atoms with Crippen LogP contribution in [-0.4, -0.2) is 23.9 Å². The lowest BCUT2D eigenvalue weighted by atomic mass is 10.1. The second-order valence-electron chi connectivity index (χ2n) is 8.53. The first kappa shape index (κ1) is 23.1. The summed E-state index contributed by atoms with van der Waals surface area (Å²) in [6, 6.07) is 38.4. The van der Waals surface area contributed by atoms with Crippen molar-refractivity contribution >= 4 is 17.9 Å². The predicted molar refractivity (Wildman–Crippen MR) is 146 cm³/mol. The Morgan fingerprint density at radius 2 is 1.39 bits per heavy atom. The van der Waals surface area contributed by atoms with Gasteiger partial charge in [0.05, 0.1) is 29.7 Å². The van der Waals surface area contributed by atoms with Crippen molar-refractivity contribution in [3.8, 4) is 28.2 Å². The zero-order valence-electron chi connectivity index (χ0n) is 20.3. The van der Waals surface area contributed by atoms with E-state index in [9.17, 15) is 4.79 Å². The Balaban J connectivity index is 1.74. The van der Waals surface area contributed by atoms with Crippen LogP contribution in [0.15, 0.2) is 120 Å². The van der Waals surface area contributed by atoms with Gasteiger partial charge in [-0.25, -0.2) is 4.79 Å². The average molecular weight is 471 g/mol. The molecule has 4 aromatic carbocycles. The number of nitrogens with zero attached hydrogens (tertiary/aromatic N) is 2. The molecule has 0 amide bonds. The SMILES string of the molecule is COC(=O)c1ccc(-n2c(-c3ccccc3)cc(C=Nc3ccc(C)cc3)c2-c2ccccc2)cc1. The van der Waals surface area contributed by atoms with Gasteiger partial charge in [-0.15, -0.1) is 0 Å². The van der Waals surface area contributed by atoms with Gasteiger partial charge in [0.1, 0.15) is 0 Å². The zero-order valence-corrected chi connectivity index (χ0v) is 20.3. The van der Waals surface area contributed by atoms with Crippen LogP contribution in [-0.2, 0) is 4.74 Å². The van der Waals surface area contributed by atoms with Gasteiger partial charge in [0.25, 0.3) is 0 Å². The highest BCUT2D eigenvalue weighted by Gasteiger charge is 2.19. The zero-order chi connectivity index (χ0) is 24.9. The summed E-state index contributed by atoms with van der Waals surface area (Å²) >= 11 is 0. The van der Waals surface area contributed by atoms with E-state index in [-0.39, 0.29) is 5.97 Å². The lowest BCUT2D eigenvalue weighted by molar-refractivity contribution is 0.0600. The van der Waals surface area contributed by atoms with Gasteiger partial charge < -0.3 is 9.30 Å². The quantitative estimate of drug-likeness (QED) is 0.189. The van der Waals surface area contributed by atoms with E-state index in [0.717, 1.165) is 39.5 Å². The number of rotatable bonds is 6. The number of ether oxygens (including phenoxy) is 1. The van der Waals surface area contributed by atoms with E-state index < -0.39 is 0 Å². The number of benzene rings is 4. The standard InChI is InChI=1S/C32H26N2O2/c1-23-13-17-28(18-14-23)33-22-27-21-30(24-9-5-3-6-10-24)34(31(27)25-11-7-4-8-12-25)29-19-15-26(16-20-29)32(35)36-2/h3-22H,1-2H3. The number of esters is 1.